The molecule has 0 saturated carbocycles. The van der Waals surface area contributed by atoms with Gasteiger partial charge in [0.05, 0.1) is 12.7 Å². The van der Waals surface area contributed by atoms with Gasteiger partial charge in [-0.3, -0.25) is 0 Å². The van der Waals surface area contributed by atoms with Gasteiger partial charge in [-0.2, -0.15) is 0 Å². The molecule has 1 aromatic rings. The van der Waals surface area contributed by atoms with Crippen molar-refractivity contribution in [2.45, 2.75) is 11.2 Å². The van der Waals surface area contributed by atoms with E-state index in [4.69, 9.17) is 14.3 Å². The molecule has 20 heavy (non-hydrogen) atoms. The number of carboxylic acids is 1. The molecule has 2 heterocycles. The van der Waals surface area contributed by atoms with E-state index in [1.54, 1.807) is 0 Å². The number of hydrogen-bond donors (Lipinski definition) is 2. The van der Waals surface area contributed by atoms with Crippen LogP contribution in [-0.4, -0.2) is 63.8 Å². The summed E-state index contributed by atoms with van der Waals surface area (Å²) in [5.41, 5.74) is 0. The molecule has 0 bridgehead atoms. The second kappa shape index (κ2) is 5.92. The number of likely N-dealkylation sites (N-methyl/N-ethyl adjacent to an activating group) is 1. The minimum absolute atomic E-state index is 0.107. The maximum Gasteiger partial charge on any atom is 0.371 e. The van der Waals surface area contributed by atoms with Crippen molar-refractivity contribution in [3.05, 3.63) is 17.9 Å². The van der Waals surface area contributed by atoms with E-state index in [2.05, 4.69) is 4.72 Å². The summed E-state index contributed by atoms with van der Waals surface area (Å²) < 4.78 is 36.4. The Hall–Kier alpha value is -1.42. The normalized spacial score (nSPS) is 20.9. The monoisotopic (exact) mass is 304 g/mol. The fraction of sp³-hybridized carbons (Fsp3) is 0.545. The molecule has 0 amide bonds. The number of aromatic carboxylic acids is 1. The number of furan rings is 1. The summed E-state index contributed by atoms with van der Waals surface area (Å²) in [5, 5.41) is 8.27. The lowest BCUT2D eigenvalue weighted by Gasteiger charge is -2.29. The minimum Gasteiger partial charge on any atom is -0.475 e. The molecule has 2 N–H and O–H groups in total. The zero-order chi connectivity index (χ0) is 14.8. The van der Waals surface area contributed by atoms with Gasteiger partial charge in [0.15, 0.2) is 0 Å². The van der Waals surface area contributed by atoms with Gasteiger partial charge < -0.3 is 19.2 Å². The molecule has 1 aliphatic rings. The van der Waals surface area contributed by atoms with Crippen molar-refractivity contribution in [1.82, 2.24) is 9.62 Å². The number of rotatable bonds is 5. The van der Waals surface area contributed by atoms with E-state index in [-0.39, 0.29) is 12.6 Å². The van der Waals surface area contributed by atoms with Crippen LogP contribution < -0.4 is 4.72 Å². The number of morpholine rings is 1. The smallest absolute Gasteiger partial charge is 0.371 e. The van der Waals surface area contributed by atoms with Gasteiger partial charge in [-0.15, -0.1) is 0 Å². The first-order valence-electron chi connectivity index (χ1n) is 6.01. The Kier molecular flexibility index (Phi) is 4.43. The number of ether oxygens (including phenoxy) is 1. The lowest BCUT2D eigenvalue weighted by atomic mass is 10.3. The van der Waals surface area contributed by atoms with Crippen LogP contribution in [0.15, 0.2) is 21.6 Å². The van der Waals surface area contributed by atoms with Gasteiger partial charge >= 0.3 is 5.97 Å². The van der Waals surface area contributed by atoms with Gasteiger partial charge in [0, 0.05) is 19.6 Å². The van der Waals surface area contributed by atoms with Crippen molar-refractivity contribution in [1.29, 1.82) is 0 Å². The van der Waals surface area contributed by atoms with Crippen LogP contribution in [0.4, 0.5) is 0 Å². The van der Waals surface area contributed by atoms with Crippen LogP contribution in [0, 0.1) is 0 Å². The highest BCUT2D eigenvalue weighted by molar-refractivity contribution is 7.89. The third-order valence-electron chi connectivity index (χ3n) is 2.90. The summed E-state index contributed by atoms with van der Waals surface area (Å²) in [6.07, 6.45) is -0.238. The standard InChI is InChI=1S/C11H16N2O6S/c1-13-4-5-18-8(7-13)6-12-20(16,17)10-3-2-9(19-10)11(14)15/h2-3,8,12H,4-7H2,1H3,(H,14,15). The van der Waals surface area contributed by atoms with Crippen LogP contribution in [0.3, 0.4) is 0 Å². The van der Waals surface area contributed by atoms with Crippen LogP contribution >= 0.6 is 0 Å². The van der Waals surface area contributed by atoms with E-state index in [0.29, 0.717) is 13.2 Å². The number of carboxylic acid groups (broad SMARTS) is 1. The molecular weight excluding hydrogens is 288 g/mol. The zero-order valence-electron chi connectivity index (χ0n) is 10.9. The molecule has 1 aromatic heterocycles. The number of hydrogen-bond acceptors (Lipinski definition) is 6. The molecule has 0 aliphatic carbocycles. The average molecular weight is 304 g/mol. The molecule has 0 aromatic carbocycles. The third-order valence-corrected chi connectivity index (χ3v) is 4.20. The third kappa shape index (κ3) is 3.57. The Balaban J connectivity index is 1.98. The Bertz CT molecular complexity index is 581. The van der Waals surface area contributed by atoms with Crippen molar-refractivity contribution in [2.75, 3.05) is 33.3 Å². The van der Waals surface area contributed by atoms with Gasteiger partial charge in [0.25, 0.3) is 10.0 Å². The van der Waals surface area contributed by atoms with E-state index in [9.17, 15) is 13.2 Å². The van der Waals surface area contributed by atoms with E-state index in [1.807, 2.05) is 11.9 Å². The molecule has 8 nitrogen and oxygen atoms in total. The second-order valence-corrected chi connectivity index (χ2v) is 6.23. The first-order chi connectivity index (χ1) is 9.38. The predicted molar refractivity (Wildman–Crippen MR) is 68.1 cm³/mol. The fourth-order valence-corrected chi connectivity index (χ4v) is 2.84. The number of sulfonamides is 1. The van der Waals surface area contributed by atoms with E-state index < -0.39 is 26.8 Å². The van der Waals surface area contributed by atoms with Crippen LogP contribution in [0.1, 0.15) is 10.6 Å². The Morgan fingerprint density at radius 1 is 1.55 bits per heavy atom. The summed E-state index contributed by atoms with van der Waals surface area (Å²) in [6, 6.07) is 2.21. The van der Waals surface area contributed by atoms with Gasteiger partial charge in [0.2, 0.25) is 10.9 Å². The summed E-state index contributed by atoms with van der Waals surface area (Å²) in [5.74, 6) is -1.73. The van der Waals surface area contributed by atoms with Crippen molar-refractivity contribution in [2.24, 2.45) is 0 Å². The minimum atomic E-state index is -3.87. The number of nitrogens with zero attached hydrogens (tertiary/aromatic N) is 1. The zero-order valence-corrected chi connectivity index (χ0v) is 11.7. The summed E-state index contributed by atoms with van der Waals surface area (Å²) in [7, 11) is -1.94. The highest BCUT2D eigenvalue weighted by Crippen LogP contribution is 2.14. The molecular formula is C11H16N2O6S. The Labute approximate surface area is 116 Å². The molecule has 0 radical (unpaired) electrons. The van der Waals surface area contributed by atoms with Crippen molar-refractivity contribution < 1.29 is 27.5 Å². The highest BCUT2D eigenvalue weighted by Gasteiger charge is 2.24. The molecule has 2 rings (SSSR count). The molecule has 1 atom stereocenters. The lowest BCUT2D eigenvalue weighted by molar-refractivity contribution is -0.0156. The molecule has 1 unspecified atom stereocenters. The van der Waals surface area contributed by atoms with Crippen LogP contribution in [0.25, 0.3) is 0 Å². The maximum atomic E-state index is 11.9. The van der Waals surface area contributed by atoms with Gasteiger partial charge in [-0.1, -0.05) is 0 Å². The highest BCUT2D eigenvalue weighted by atomic mass is 32.2. The maximum absolute atomic E-state index is 11.9. The molecule has 9 heteroatoms. The van der Waals surface area contributed by atoms with E-state index in [0.717, 1.165) is 18.7 Å². The van der Waals surface area contributed by atoms with Crippen LogP contribution in [0.2, 0.25) is 0 Å². The topological polar surface area (TPSA) is 109 Å². The molecule has 1 aliphatic heterocycles. The first-order valence-corrected chi connectivity index (χ1v) is 7.50. The van der Waals surface area contributed by atoms with E-state index >= 15 is 0 Å². The molecule has 1 saturated heterocycles. The largest absolute Gasteiger partial charge is 0.475 e. The van der Waals surface area contributed by atoms with Crippen molar-refractivity contribution in [3.8, 4) is 0 Å². The van der Waals surface area contributed by atoms with E-state index in [1.165, 1.54) is 0 Å². The number of carbonyl (C=O) groups is 1. The average Bonchev–Trinajstić information content (AvgIpc) is 2.87. The summed E-state index contributed by atoms with van der Waals surface area (Å²) >= 11 is 0. The van der Waals surface area contributed by atoms with Crippen molar-refractivity contribution in [3.63, 3.8) is 0 Å². The van der Waals surface area contributed by atoms with Gasteiger partial charge in [-0.25, -0.2) is 17.9 Å². The molecule has 0 spiro atoms. The Morgan fingerprint density at radius 3 is 2.90 bits per heavy atom. The second-order valence-electron chi connectivity index (χ2n) is 4.53. The fourth-order valence-electron chi connectivity index (χ4n) is 1.84. The lowest BCUT2D eigenvalue weighted by Crippen LogP contribution is -2.45. The van der Waals surface area contributed by atoms with Gasteiger partial charge in [0.1, 0.15) is 0 Å². The van der Waals surface area contributed by atoms with Crippen LogP contribution in [0.5, 0.6) is 0 Å². The number of nitrogens with one attached hydrogen (secondary N) is 1. The first kappa shape index (κ1) is 15.0. The molecule has 112 valence electrons. The molecule has 1 fully saturated rings. The van der Waals surface area contributed by atoms with Gasteiger partial charge in [-0.05, 0) is 19.2 Å². The van der Waals surface area contributed by atoms with Crippen molar-refractivity contribution >= 4 is 16.0 Å². The Morgan fingerprint density at radius 2 is 2.30 bits per heavy atom. The predicted octanol–water partition coefficient (Wildman–Crippen LogP) is -0.413. The van der Waals surface area contributed by atoms with Crippen LogP contribution in [-0.2, 0) is 14.8 Å². The SMILES string of the molecule is CN1CCOC(CNS(=O)(=O)c2ccc(C(=O)O)o2)C1. The summed E-state index contributed by atoms with van der Waals surface area (Å²) in [4.78, 5) is 12.7. The quantitative estimate of drug-likeness (QED) is 0.760. The summed E-state index contributed by atoms with van der Waals surface area (Å²) in [6.45, 7) is 2.09.